The number of nitrogens with two attached hydrogens (primary N) is 1. The summed E-state index contributed by atoms with van der Waals surface area (Å²) in [6.07, 6.45) is 0.485. The minimum absolute atomic E-state index is 0.0789. The summed E-state index contributed by atoms with van der Waals surface area (Å²) < 4.78 is 27.0. The Balaban J connectivity index is 2.21. The summed E-state index contributed by atoms with van der Waals surface area (Å²) in [6.45, 7) is 0. The number of rotatable bonds is 6. The van der Waals surface area contributed by atoms with Gasteiger partial charge < -0.3 is 5.73 Å². The highest BCUT2D eigenvalue weighted by Gasteiger charge is 2.18. The number of nitrogen functional groups attached to an aromatic ring is 1. The van der Waals surface area contributed by atoms with Gasteiger partial charge in [-0.25, -0.2) is 8.42 Å². The van der Waals surface area contributed by atoms with Gasteiger partial charge in [-0.1, -0.05) is 11.6 Å². The van der Waals surface area contributed by atoms with Gasteiger partial charge in [0, 0.05) is 11.4 Å². The van der Waals surface area contributed by atoms with Crippen molar-refractivity contribution in [3.8, 4) is 0 Å². The lowest BCUT2D eigenvalue weighted by molar-refractivity contribution is -0.109. The largest absolute Gasteiger partial charge is 0.399 e. The highest BCUT2D eigenvalue weighted by molar-refractivity contribution is 7.92. The van der Waals surface area contributed by atoms with Crippen LogP contribution in [-0.2, 0) is 14.8 Å². The molecule has 5 N–H and O–H groups in total. The Morgan fingerprint density at radius 1 is 1.05 bits per heavy atom. The molecule has 7 nitrogen and oxygen atoms in total. The lowest BCUT2D eigenvalue weighted by Gasteiger charge is -2.11. The summed E-state index contributed by atoms with van der Waals surface area (Å²) in [5.41, 5.74) is 11.7. The Morgan fingerprint density at radius 3 is 2.32 bits per heavy atom. The first-order valence-electron chi connectivity index (χ1n) is 6.05. The molecule has 2 aromatic carbocycles. The molecule has 0 aromatic heterocycles. The van der Waals surface area contributed by atoms with E-state index < -0.39 is 10.0 Å². The summed E-state index contributed by atoms with van der Waals surface area (Å²) >= 11 is 5.90. The van der Waals surface area contributed by atoms with E-state index >= 15 is 0 Å². The van der Waals surface area contributed by atoms with E-state index in [4.69, 9.17) is 17.3 Å². The summed E-state index contributed by atoms with van der Waals surface area (Å²) in [5, 5.41) is 0.0789. The van der Waals surface area contributed by atoms with Crippen LogP contribution in [0.25, 0.3) is 0 Å². The Hall–Kier alpha value is -2.45. The van der Waals surface area contributed by atoms with Crippen LogP contribution < -0.4 is 21.3 Å². The fourth-order valence-electron chi connectivity index (χ4n) is 1.67. The molecular formula is C13H13ClN4O3S. The smallest absolute Gasteiger partial charge is 0.263 e. The van der Waals surface area contributed by atoms with Crippen LogP contribution in [0.1, 0.15) is 0 Å². The quantitative estimate of drug-likeness (QED) is 0.364. The van der Waals surface area contributed by atoms with Crippen LogP contribution in [0.3, 0.4) is 0 Å². The number of anilines is 3. The first-order valence-corrected chi connectivity index (χ1v) is 7.91. The van der Waals surface area contributed by atoms with Crippen LogP contribution in [0.15, 0.2) is 47.4 Å². The van der Waals surface area contributed by atoms with Crippen molar-refractivity contribution in [1.82, 2.24) is 5.43 Å². The molecule has 0 aliphatic heterocycles. The molecule has 116 valence electrons. The molecule has 0 spiro atoms. The average Bonchev–Trinajstić information content (AvgIpc) is 2.48. The third kappa shape index (κ3) is 3.80. The van der Waals surface area contributed by atoms with Gasteiger partial charge in [-0.05, 0) is 42.5 Å². The molecule has 1 amide bonds. The number of sulfonamides is 1. The number of amides is 1. The van der Waals surface area contributed by atoms with E-state index in [-0.39, 0.29) is 9.92 Å². The first kappa shape index (κ1) is 15.9. The van der Waals surface area contributed by atoms with E-state index in [9.17, 15) is 13.2 Å². The van der Waals surface area contributed by atoms with Gasteiger partial charge in [0.25, 0.3) is 10.0 Å². The van der Waals surface area contributed by atoms with Gasteiger partial charge in [0.2, 0.25) is 6.41 Å². The Kier molecular flexibility index (Phi) is 4.74. The molecule has 0 fully saturated rings. The van der Waals surface area contributed by atoms with E-state index in [1.807, 2.05) is 0 Å². The molecule has 22 heavy (non-hydrogen) atoms. The van der Waals surface area contributed by atoms with Crippen molar-refractivity contribution in [2.24, 2.45) is 0 Å². The van der Waals surface area contributed by atoms with E-state index in [1.54, 1.807) is 12.1 Å². The van der Waals surface area contributed by atoms with E-state index in [2.05, 4.69) is 15.6 Å². The Labute approximate surface area is 132 Å². The predicted molar refractivity (Wildman–Crippen MR) is 85.9 cm³/mol. The van der Waals surface area contributed by atoms with Crippen molar-refractivity contribution in [3.05, 3.63) is 47.5 Å². The first-order chi connectivity index (χ1) is 10.4. The van der Waals surface area contributed by atoms with Gasteiger partial charge in [-0.2, -0.15) is 0 Å². The zero-order valence-electron chi connectivity index (χ0n) is 11.2. The lowest BCUT2D eigenvalue weighted by atomic mass is 10.3. The minimum atomic E-state index is -3.85. The second kappa shape index (κ2) is 6.54. The third-order valence-electron chi connectivity index (χ3n) is 2.66. The van der Waals surface area contributed by atoms with Crippen LogP contribution >= 0.6 is 11.6 Å². The molecule has 9 heteroatoms. The van der Waals surface area contributed by atoms with Gasteiger partial charge in [0.05, 0.1) is 10.7 Å². The van der Waals surface area contributed by atoms with Crippen molar-refractivity contribution < 1.29 is 13.2 Å². The highest BCUT2D eigenvalue weighted by atomic mass is 35.5. The van der Waals surface area contributed by atoms with Gasteiger partial charge in [-0.15, -0.1) is 0 Å². The van der Waals surface area contributed by atoms with Crippen molar-refractivity contribution in [2.45, 2.75) is 4.90 Å². The van der Waals surface area contributed by atoms with Crippen LogP contribution in [-0.4, -0.2) is 14.8 Å². The number of hydrogen-bond donors (Lipinski definition) is 4. The van der Waals surface area contributed by atoms with Gasteiger partial charge in [0.15, 0.2) is 0 Å². The van der Waals surface area contributed by atoms with E-state index in [0.717, 1.165) is 0 Å². The molecule has 0 saturated carbocycles. The second-order valence-corrected chi connectivity index (χ2v) is 6.32. The maximum Gasteiger partial charge on any atom is 0.263 e. The average molecular weight is 341 g/mol. The number of hydrazine groups is 1. The monoisotopic (exact) mass is 340 g/mol. The van der Waals surface area contributed by atoms with Crippen molar-refractivity contribution >= 4 is 45.1 Å². The third-order valence-corrected chi connectivity index (χ3v) is 4.52. The zero-order valence-corrected chi connectivity index (χ0v) is 12.8. The number of hydrogen-bond acceptors (Lipinski definition) is 5. The second-order valence-electron chi connectivity index (χ2n) is 4.26. The molecule has 0 bridgehead atoms. The Morgan fingerprint density at radius 2 is 1.68 bits per heavy atom. The molecule has 2 aromatic rings. The zero-order chi connectivity index (χ0) is 16.2. The molecule has 0 atom stereocenters. The maximum atomic E-state index is 12.3. The van der Waals surface area contributed by atoms with E-state index in [1.165, 1.54) is 30.3 Å². The van der Waals surface area contributed by atoms with Crippen LogP contribution in [0.5, 0.6) is 0 Å². The molecule has 0 saturated heterocycles. The molecule has 0 unspecified atom stereocenters. The highest BCUT2D eigenvalue weighted by Crippen LogP contribution is 2.26. The number of benzene rings is 2. The van der Waals surface area contributed by atoms with Crippen molar-refractivity contribution in [2.75, 3.05) is 15.9 Å². The predicted octanol–water partition coefficient (Wildman–Crippen LogP) is 1.80. The standard InChI is InChI=1S/C13H13ClN4O3S/c14-12-6-1-9(15)7-13(12)22(20,21)18-11-4-2-10(3-5-11)17-16-8-19/h1-8,17-18H,15H2,(H,16,19). The normalized spacial score (nSPS) is 10.8. The fraction of sp³-hybridized carbons (Fsp3) is 0. The maximum absolute atomic E-state index is 12.3. The minimum Gasteiger partial charge on any atom is -0.399 e. The Bertz CT molecular complexity index is 778. The molecule has 0 heterocycles. The van der Waals surface area contributed by atoms with Crippen LogP contribution in [0.4, 0.5) is 17.1 Å². The summed E-state index contributed by atoms with van der Waals surface area (Å²) in [7, 11) is -3.85. The van der Waals surface area contributed by atoms with Crippen LogP contribution in [0, 0.1) is 0 Å². The van der Waals surface area contributed by atoms with Gasteiger partial charge >= 0.3 is 0 Å². The molecular weight excluding hydrogens is 328 g/mol. The number of halogens is 1. The summed E-state index contributed by atoms with van der Waals surface area (Å²) in [4.78, 5) is 10.1. The van der Waals surface area contributed by atoms with Crippen LogP contribution in [0.2, 0.25) is 5.02 Å². The molecule has 0 aliphatic rings. The topological polar surface area (TPSA) is 113 Å². The fourth-order valence-corrected chi connectivity index (χ4v) is 3.27. The molecule has 2 rings (SSSR count). The van der Waals surface area contributed by atoms with Gasteiger partial charge in [0.1, 0.15) is 4.90 Å². The number of carbonyl (C=O) groups is 1. The number of carbonyl (C=O) groups excluding carboxylic acids is 1. The van der Waals surface area contributed by atoms with Crippen molar-refractivity contribution in [3.63, 3.8) is 0 Å². The molecule has 0 radical (unpaired) electrons. The lowest BCUT2D eigenvalue weighted by Crippen LogP contribution is -2.19. The molecule has 0 aliphatic carbocycles. The van der Waals surface area contributed by atoms with Gasteiger partial charge in [-0.3, -0.25) is 20.4 Å². The SMILES string of the molecule is Nc1ccc(Cl)c(S(=O)(=O)Nc2ccc(NNC=O)cc2)c1. The van der Waals surface area contributed by atoms with Crippen molar-refractivity contribution in [1.29, 1.82) is 0 Å². The van der Waals surface area contributed by atoms with E-state index in [0.29, 0.717) is 23.5 Å². The summed E-state index contributed by atoms with van der Waals surface area (Å²) in [6, 6.07) is 10.5. The summed E-state index contributed by atoms with van der Waals surface area (Å²) in [5.74, 6) is 0. The number of nitrogens with one attached hydrogen (secondary N) is 3.